The van der Waals surface area contributed by atoms with E-state index in [1.165, 1.54) is 0 Å². The van der Waals surface area contributed by atoms with E-state index in [0.717, 1.165) is 32.6 Å². The normalized spacial score (nSPS) is 11.4. The first kappa shape index (κ1) is 13.9. The Kier molecular flexibility index (Phi) is 7.19. The highest BCUT2D eigenvalue weighted by atomic mass is 79.9. The molecule has 0 aliphatic rings. The van der Waals surface area contributed by atoms with Crippen LogP contribution in [0.4, 0.5) is 0 Å². The summed E-state index contributed by atoms with van der Waals surface area (Å²) < 4.78 is 4.72. The van der Waals surface area contributed by atoms with Crippen molar-refractivity contribution >= 4 is 21.8 Å². The molecule has 4 heteroatoms. The van der Waals surface area contributed by atoms with Gasteiger partial charge < -0.3 is 10.1 Å². The van der Waals surface area contributed by atoms with Crippen LogP contribution in [0, 0.1) is 0 Å². The van der Waals surface area contributed by atoms with Crippen LogP contribution in [0.1, 0.15) is 33.6 Å². The van der Waals surface area contributed by atoms with Gasteiger partial charge in [-0.15, -0.1) is 0 Å². The number of carbonyl (C=O) groups is 1. The molecule has 0 aromatic carbocycles. The van der Waals surface area contributed by atoms with Gasteiger partial charge in [-0.25, -0.2) is 0 Å². The summed E-state index contributed by atoms with van der Waals surface area (Å²) in [5.41, 5.74) is 0. The van der Waals surface area contributed by atoms with Crippen molar-refractivity contribution in [3.05, 3.63) is 0 Å². The predicted octanol–water partition coefficient (Wildman–Crippen LogP) is 2.09. The highest BCUT2D eigenvalue weighted by Gasteiger charge is 2.22. The maximum absolute atomic E-state index is 11.4. The number of carbonyl (C=O) groups excluding carboxylic acids is 1. The van der Waals surface area contributed by atoms with Crippen molar-refractivity contribution in [2.24, 2.45) is 0 Å². The second-order valence-corrected chi connectivity index (χ2v) is 5.61. The third-order valence-corrected chi connectivity index (χ3v) is 2.11. The van der Waals surface area contributed by atoms with Gasteiger partial charge in [0, 0.05) is 19.8 Å². The molecule has 0 saturated carbocycles. The van der Waals surface area contributed by atoms with Crippen LogP contribution in [-0.4, -0.2) is 30.0 Å². The highest BCUT2D eigenvalue weighted by molar-refractivity contribution is 9.10. The molecule has 14 heavy (non-hydrogen) atoms. The Balaban J connectivity index is 3.33. The summed E-state index contributed by atoms with van der Waals surface area (Å²) in [7, 11) is 0. The molecule has 3 nitrogen and oxygen atoms in total. The summed E-state index contributed by atoms with van der Waals surface area (Å²) in [6.07, 6.45) is 1.96. The third-order valence-electron chi connectivity index (χ3n) is 1.75. The number of hydrogen-bond donors (Lipinski definition) is 1. The Hall–Kier alpha value is -0.0900. The van der Waals surface area contributed by atoms with Gasteiger partial charge in [0.25, 0.3) is 0 Å². The Labute approximate surface area is 94.7 Å². The summed E-state index contributed by atoms with van der Waals surface area (Å²) in [5.74, 6) is 0.0360. The van der Waals surface area contributed by atoms with Crippen LogP contribution in [0.5, 0.6) is 0 Å². The van der Waals surface area contributed by atoms with E-state index < -0.39 is 4.32 Å². The number of nitrogens with one attached hydrogen (secondary N) is 1. The van der Waals surface area contributed by atoms with Gasteiger partial charge in [-0.3, -0.25) is 4.79 Å². The Bertz CT molecular complexity index is 166. The summed E-state index contributed by atoms with van der Waals surface area (Å²) >= 11 is 3.30. The van der Waals surface area contributed by atoms with Crippen LogP contribution in [-0.2, 0) is 9.53 Å². The fourth-order valence-electron chi connectivity index (χ4n) is 0.886. The van der Waals surface area contributed by atoms with E-state index in [4.69, 9.17) is 4.74 Å². The quantitative estimate of drug-likeness (QED) is 0.566. The monoisotopic (exact) mass is 265 g/mol. The zero-order valence-electron chi connectivity index (χ0n) is 9.23. The van der Waals surface area contributed by atoms with Gasteiger partial charge in [-0.05, 0) is 33.6 Å². The van der Waals surface area contributed by atoms with Crippen LogP contribution < -0.4 is 5.32 Å². The topological polar surface area (TPSA) is 38.3 Å². The lowest BCUT2D eigenvalue weighted by Crippen LogP contribution is -2.38. The van der Waals surface area contributed by atoms with Gasteiger partial charge in [0.2, 0.25) is 5.91 Å². The van der Waals surface area contributed by atoms with Crippen LogP contribution in [0.3, 0.4) is 0 Å². The van der Waals surface area contributed by atoms with Crippen molar-refractivity contribution in [1.29, 1.82) is 0 Å². The van der Waals surface area contributed by atoms with Crippen molar-refractivity contribution in [2.45, 2.75) is 37.9 Å². The Morgan fingerprint density at radius 1 is 1.43 bits per heavy atom. The molecule has 0 aliphatic heterocycles. The summed E-state index contributed by atoms with van der Waals surface area (Å²) in [6.45, 7) is 7.92. The lowest BCUT2D eigenvalue weighted by atomic mass is 10.2. The zero-order chi connectivity index (χ0) is 11.0. The molecule has 0 rings (SSSR count). The molecule has 0 unspecified atom stereocenters. The van der Waals surface area contributed by atoms with Gasteiger partial charge in [-0.1, -0.05) is 15.9 Å². The highest BCUT2D eigenvalue weighted by Crippen LogP contribution is 2.14. The average molecular weight is 266 g/mol. The molecule has 0 atom stereocenters. The first-order chi connectivity index (χ1) is 6.48. The second-order valence-electron chi connectivity index (χ2n) is 3.63. The van der Waals surface area contributed by atoms with Crippen LogP contribution in [0.2, 0.25) is 0 Å². The van der Waals surface area contributed by atoms with Gasteiger partial charge >= 0.3 is 0 Å². The fraction of sp³-hybridized carbons (Fsp3) is 0.900. The van der Waals surface area contributed by atoms with Gasteiger partial charge in [0.15, 0.2) is 0 Å². The first-order valence-electron chi connectivity index (χ1n) is 5.03. The molecule has 84 valence electrons. The number of ether oxygens (including phenoxy) is 1. The molecule has 0 radical (unpaired) electrons. The lowest BCUT2D eigenvalue weighted by molar-refractivity contribution is -0.122. The average Bonchev–Trinajstić information content (AvgIpc) is 2.09. The van der Waals surface area contributed by atoms with Crippen LogP contribution in [0.15, 0.2) is 0 Å². The molecular formula is C10H20BrNO2. The van der Waals surface area contributed by atoms with Gasteiger partial charge in [0.1, 0.15) is 0 Å². The number of alkyl halides is 1. The molecule has 0 fully saturated rings. The number of unbranched alkanes of at least 4 members (excludes halogenated alkanes) is 1. The minimum atomic E-state index is -0.465. The molecule has 0 aliphatic carbocycles. The Morgan fingerprint density at radius 2 is 2.07 bits per heavy atom. The smallest absolute Gasteiger partial charge is 0.236 e. The number of rotatable bonds is 7. The molecule has 1 amide bonds. The van der Waals surface area contributed by atoms with Gasteiger partial charge in [0.05, 0.1) is 4.32 Å². The summed E-state index contributed by atoms with van der Waals surface area (Å²) in [6, 6.07) is 0. The number of amides is 1. The van der Waals surface area contributed by atoms with Crippen molar-refractivity contribution in [2.75, 3.05) is 19.8 Å². The molecule has 0 aromatic heterocycles. The summed E-state index contributed by atoms with van der Waals surface area (Å²) in [5, 5.41) is 2.86. The largest absolute Gasteiger partial charge is 0.382 e. The third kappa shape index (κ3) is 7.33. The maximum atomic E-state index is 11.4. The molecule has 1 N–H and O–H groups in total. The molecule has 0 spiro atoms. The standard InChI is InChI=1S/C10H20BrNO2/c1-4-14-8-6-5-7-12-9(13)10(2,3)11/h4-8H2,1-3H3,(H,12,13). The first-order valence-corrected chi connectivity index (χ1v) is 5.82. The van der Waals surface area contributed by atoms with Crippen molar-refractivity contribution in [3.63, 3.8) is 0 Å². The van der Waals surface area contributed by atoms with E-state index >= 15 is 0 Å². The second kappa shape index (κ2) is 7.23. The van der Waals surface area contributed by atoms with E-state index in [0.29, 0.717) is 0 Å². The maximum Gasteiger partial charge on any atom is 0.236 e. The van der Waals surface area contributed by atoms with Crippen molar-refractivity contribution in [3.8, 4) is 0 Å². The fourth-order valence-corrected chi connectivity index (χ4v) is 1.03. The molecule has 0 bridgehead atoms. The molecular weight excluding hydrogens is 246 g/mol. The van der Waals surface area contributed by atoms with E-state index in [1.54, 1.807) is 0 Å². The SMILES string of the molecule is CCOCCCCNC(=O)C(C)(C)Br. The van der Waals surface area contributed by atoms with Crippen molar-refractivity contribution < 1.29 is 9.53 Å². The summed E-state index contributed by atoms with van der Waals surface area (Å²) in [4.78, 5) is 11.4. The van der Waals surface area contributed by atoms with E-state index in [2.05, 4.69) is 21.2 Å². The van der Waals surface area contributed by atoms with E-state index in [1.807, 2.05) is 20.8 Å². The molecule has 0 heterocycles. The lowest BCUT2D eigenvalue weighted by Gasteiger charge is -2.15. The minimum absolute atomic E-state index is 0.0360. The van der Waals surface area contributed by atoms with Crippen LogP contribution >= 0.6 is 15.9 Å². The van der Waals surface area contributed by atoms with Gasteiger partial charge in [-0.2, -0.15) is 0 Å². The van der Waals surface area contributed by atoms with Crippen molar-refractivity contribution in [1.82, 2.24) is 5.32 Å². The number of halogens is 1. The zero-order valence-corrected chi connectivity index (χ0v) is 10.8. The van der Waals surface area contributed by atoms with E-state index in [9.17, 15) is 4.79 Å². The number of hydrogen-bond acceptors (Lipinski definition) is 2. The predicted molar refractivity (Wildman–Crippen MR) is 61.7 cm³/mol. The molecule has 0 aromatic rings. The van der Waals surface area contributed by atoms with E-state index in [-0.39, 0.29) is 5.91 Å². The molecule has 0 saturated heterocycles. The Morgan fingerprint density at radius 3 is 2.57 bits per heavy atom. The van der Waals surface area contributed by atoms with Crippen LogP contribution in [0.25, 0.3) is 0 Å². The minimum Gasteiger partial charge on any atom is -0.382 e.